The minimum Gasteiger partial charge on any atom is -0.480 e. The lowest BCUT2D eigenvalue weighted by Crippen LogP contribution is -2.37. The van der Waals surface area contributed by atoms with Crippen LogP contribution in [0.1, 0.15) is 41.5 Å². The van der Waals surface area contributed by atoms with E-state index in [0.29, 0.717) is 24.4 Å². The first-order valence-electron chi connectivity index (χ1n) is 9.05. The maximum absolute atomic E-state index is 13.4. The Morgan fingerprint density at radius 3 is 2.27 bits per heavy atom. The average Bonchev–Trinajstić information content (AvgIpc) is 2.79. The first kappa shape index (κ1) is 20.9. The minimum absolute atomic E-state index is 0.0211. The number of carboxylic acids is 1. The van der Waals surface area contributed by atoms with E-state index in [1.165, 1.54) is 0 Å². The summed E-state index contributed by atoms with van der Waals surface area (Å²) in [6, 6.07) is 2.12. The first-order valence-corrected chi connectivity index (χ1v) is 10.5. The molecule has 0 amide bonds. The van der Waals surface area contributed by atoms with Crippen LogP contribution in [0.4, 0.5) is 0 Å². The van der Waals surface area contributed by atoms with E-state index in [2.05, 4.69) is 0 Å². The molecule has 1 aliphatic heterocycles. The van der Waals surface area contributed by atoms with E-state index >= 15 is 0 Å². The van der Waals surface area contributed by atoms with Gasteiger partial charge in [-0.15, -0.1) is 0 Å². The summed E-state index contributed by atoms with van der Waals surface area (Å²) >= 11 is 0. The summed E-state index contributed by atoms with van der Waals surface area (Å²) in [7, 11) is -1.77. The predicted octanol–water partition coefficient (Wildman–Crippen LogP) is 2.48. The SMILES string of the molecule is Cc1cc(C)c(C)c(S(=O)(=O)N2CCCC(N(C)CC(=O)O)CC2)c1C. The Morgan fingerprint density at radius 2 is 1.73 bits per heavy atom. The molecular weight excluding hydrogens is 352 g/mol. The third kappa shape index (κ3) is 4.27. The number of likely N-dealkylation sites (N-methyl/N-ethyl adjacent to an activating group) is 1. The number of nitrogens with zero attached hydrogens (tertiary/aromatic N) is 2. The lowest BCUT2D eigenvalue weighted by Gasteiger charge is -2.26. The maximum Gasteiger partial charge on any atom is 0.317 e. The van der Waals surface area contributed by atoms with E-state index in [9.17, 15) is 13.2 Å². The van der Waals surface area contributed by atoms with Crippen LogP contribution in [0.5, 0.6) is 0 Å². The summed E-state index contributed by atoms with van der Waals surface area (Å²) in [6.45, 7) is 8.51. The van der Waals surface area contributed by atoms with E-state index in [1.807, 2.05) is 38.7 Å². The van der Waals surface area contributed by atoms with Gasteiger partial charge in [0.25, 0.3) is 0 Å². The number of aryl methyl sites for hydroxylation is 2. The van der Waals surface area contributed by atoms with Gasteiger partial charge in [-0.25, -0.2) is 8.42 Å². The molecule has 1 aromatic rings. The van der Waals surface area contributed by atoms with Crippen molar-refractivity contribution in [2.24, 2.45) is 0 Å². The van der Waals surface area contributed by atoms with Gasteiger partial charge in [0.1, 0.15) is 0 Å². The van der Waals surface area contributed by atoms with Gasteiger partial charge < -0.3 is 5.11 Å². The van der Waals surface area contributed by atoms with Crippen molar-refractivity contribution in [2.75, 3.05) is 26.7 Å². The molecule has 7 heteroatoms. The summed E-state index contributed by atoms with van der Waals surface area (Å²) in [6.07, 6.45) is 2.18. The quantitative estimate of drug-likeness (QED) is 0.846. The fourth-order valence-corrected chi connectivity index (χ4v) is 5.84. The lowest BCUT2D eigenvalue weighted by molar-refractivity contribution is -0.138. The van der Waals surface area contributed by atoms with Crippen molar-refractivity contribution in [2.45, 2.75) is 57.9 Å². The van der Waals surface area contributed by atoms with Crippen LogP contribution in [0.15, 0.2) is 11.0 Å². The Bertz CT molecular complexity index is 763. The molecule has 1 unspecified atom stereocenters. The van der Waals surface area contributed by atoms with E-state index in [0.717, 1.165) is 35.1 Å². The lowest BCUT2D eigenvalue weighted by atomic mass is 10.0. The second-order valence-electron chi connectivity index (χ2n) is 7.39. The Balaban J connectivity index is 2.28. The van der Waals surface area contributed by atoms with Crippen molar-refractivity contribution in [3.63, 3.8) is 0 Å². The molecule has 1 saturated heterocycles. The number of benzene rings is 1. The molecule has 0 saturated carbocycles. The van der Waals surface area contributed by atoms with Gasteiger partial charge in [0.15, 0.2) is 0 Å². The molecule has 1 aromatic carbocycles. The highest BCUT2D eigenvalue weighted by Crippen LogP contribution is 2.30. The molecule has 0 aromatic heterocycles. The number of carbonyl (C=O) groups is 1. The minimum atomic E-state index is -3.57. The fourth-order valence-electron chi connectivity index (χ4n) is 3.77. The zero-order valence-electron chi connectivity index (χ0n) is 16.4. The van der Waals surface area contributed by atoms with Crippen molar-refractivity contribution < 1.29 is 18.3 Å². The number of hydrogen-bond acceptors (Lipinski definition) is 4. The molecule has 1 atom stereocenters. The van der Waals surface area contributed by atoms with Crippen LogP contribution in [0.2, 0.25) is 0 Å². The molecule has 0 aliphatic carbocycles. The van der Waals surface area contributed by atoms with Gasteiger partial charge in [-0.3, -0.25) is 9.69 Å². The van der Waals surface area contributed by atoms with Crippen LogP contribution in [-0.2, 0) is 14.8 Å². The van der Waals surface area contributed by atoms with Crippen LogP contribution in [0.25, 0.3) is 0 Å². The van der Waals surface area contributed by atoms with E-state index < -0.39 is 16.0 Å². The molecule has 1 N–H and O–H groups in total. The molecule has 26 heavy (non-hydrogen) atoms. The largest absolute Gasteiger partial charge is 0.480 e. The van der Waals surface area contributed by atoms with E-state index in [-0.39, 0.29) is 12.6 Å². The zero-order valence-corrected chi connectivity index (χ0v) is 17.2. The Kier molecular flexibility index (Phi) is 6.47. The third-order valence-electron chi connectivity index (χ3n) is 5.56. The van der Waals surface area contributed by atoms with Gasteiger partial charge in [-0.2, -0.15) is 4.31 Å². The van der Waals surface area contributed by atoms with Crippen LogP contribution in [0.3, 0.4) is 0 Å². The normalized spacial score (nSPS) is 19.5. The Morgan fingerprint density at radius 1 is 1.15 bits per heavy atom. The van der Waals surface area contributed by atoms with Crippen molar-refractivity contribution in [1.29, 1.82) is 0 Å². The van der Waals surface area contributed by atoms with Gasteiger partial charge >= 0.3 is 5.97 Å². The van der Waals surface area contributed by atoms with Gasteiger partial charge in [-0.1, -0.05) is 6.07 Å². The Labute approximate surface area is 156 Å². The topological polar surface area (TPSA) is 77.9 Å². The third-order valence-corrected chi connectivity index (χ3v) is 7.73. The number of hydrogen-bond donors (Lipinski definition) is 1. The number of aliphatic carboxylic acids is 1. The van der Waals surface area contributed by atoms with Gasteiger partial charge in [0, 0.05) is 19.1 Å². The molecule has 1 fully saturated rings. The predicted molar refractivity (Wildman–Crippen MR) is 102 cm³/mol. The molecule has 1 heterocycles. The molecule has 0 bridgehead atoms. The summed E-state index contributed by atoms with van der Waals surface area (Å²) < 4.78 is 28.3. The van der Waals surface area contributed by atoms with Crippen molar-refractivity contribution in [1.82, 2.24) is 9.21 Å². The van der Waals surface area contributed by atoms with Crippen molar-refractivity contribution >= 4 is 16.0 Å². The summed E-state index contributed by atoms with van der Waals surface area (Å²) in [4.78, 5) is 13.2. The van der Waals surface area contributed by atoms with Gasteiger partial charge in [-0.05, 0) is 76.3 Å². The molecule has 0 radical (unpaired) electrons. The molecule has 2 rings (SSSR count). The summed E-state index contributed by atoms with van der Waals surface area (Å²) in [5.41, 5.74) is 3.61. The second-order valence-corrected chi connectivity index (χ2v) is 9.26. The molecule has 1 aliphatic rings. The summed E-state index contributed by atoms with van der Waals surface area (Å²) in [5.74, 6) is -0.859. The average molecular weight is 383 g/mol. The fraction of sp³-hybridized carbons (Fsp3) is 0.632. The monoisotopic (exact) mass is 382 g/mol. The highest BCUT2D eigenvalue weighted by Gasteiger charge is 2.32. The molecule has 146 valence electrons. The summed E-state index contributed by atoms with van der Waals surface area (Å²) in [5, 5.41) is 8.98. The highest BCUT2D eigenvalue weighted by atomic mass is 32.2. The molecular formula is C19H30N2O4S. The van der Waals surface area contributed by atoms with Crippen LogP contribution < -0.4 is 0 Å². The smallest absolute Gasteiger partial charge is 0.317 e. The van der Waals surface area contributed by atoms with Crippen LogP contribution >= 0.6 is 0 Å². The van der Waals surface area contributed by atoms with E-state index in [1.54, 1.807) is 11.4 Å². The maximum atomic E-state index is 13.4. The highest BCUT2D eigenvalue weighted by molar-refractivity contribution is 7.89. The molecule has 0 spiro atoms. The van der Waals surface area contributed by atoms with Crippen molar-refractivity contribution in [3.05, 3.63) is 28.3 Å². The number of rotatable bonds is 5. The van der Waals surface area contributed by atoms with E-state index in [4.69, 9.17) is 5.11 Å². The second kappa shape index (κ2) is 8.06. The standard InChI is InChI=1S/C19H30N2O4S/c1-13-11-14(2)16(4)19(15(13)3)26(24,25)21-9-6-7-17(8-10-21)20(5)12-18(22)23/h11,17H,6-10,12H2,1-5H3,(H,22,23). The Hall–Kier alpha value is -1.44. The number of carboxylic acid groups (broad SMARTS) is 1. The molecule has 6 nitrogen and oxygen atoms in total. The van der Waals surface area contributed by atoms with Crippen LogP contribution in [-0.4, -0.2) is 61.4 Å². The number of sulfonamides is 1. The van der Waals surface area contributed by atoms with Gasteiger partial charge in [0.05, 0.1) is 11.4 Å². The van der Waals surface area contributed by atoms with Crippen LogP contribution in [0, 0.1) is 27.7 Å². The first-order chi connectivity index (χ1) is 12.1. The van der Waals surface area contributed by atoms with Gasteiger partial charge in [0.2, 0.25) is 10.0 Å². The zero-order chi connectivity index (χ0) is 19.6. The van der Waals surface area contributed by atoms with Crippen molar-refractivity contribution in [3.8, 4) is 0 Å².